The standard InChI is InChI=1S/C22H26O10/c1-4-27-13-14-28-15-20(29-31-21(23)16-9-5-7-11-18(16)25-2)30-32-22(24)17-10-6-8-12-19(17)26-3/h5-12,20H,4,13-15H2,1-3H3. The summed E-state index contributed by atoms with van der Waals surface area (Å²) in [6, 6.07) is 12.9. The van der Waals surface area contributed by atoms with Gasteiger partial charge >= 0.3 is 11.9 Å². The summed E-state index contributed by atoms with van der Waals surface area (Å²) in [5, 5.41) is 0. The van der Waals surface area contributed by atoms with Gasteiger partial charge in [0.1, 0.15) is 29.2 Å². The van der Waals surface area contributed by atoms with Crippen LogP contribution in [0.25, 0.3) is 0 Å². The third-order valence-electron chi connectivity index (χ3n) is 3.95. The fraction of sp³-hybridized carbons (Fsp3) is 0.364. The normalized spacial score (nSPS) is 10.6. The molecule has 0 fully saturated rings. The quantitative estimate of drug-likeness (QED) is 0.184. The Morgan fingerprint density at radius 3 is 1.69 bits per heavy atom. The summed E-state index contributed by atoms with van der Waals surface area (Å²) in [5.41, 5.74) is 0.272. The number of para-hydroxylation sites is 2. The first-order valence-electron chi connectivity index (χ1n) is 9.77. The van der Waals surface area contributed by atoms with Crippen molar-refractivity contribution in [3.63, 3.8) is 0 Å². The lowest BCUT2D eigenvalue weighted by atomic mass is 10.2. The highest BCUT2D eigenvalue weighted by Gasteiger charge is 2.22. The summed E-state index contributed by atoms with van der Waals surface area (Å²) >= 11 is 0. The average Bonchev–Trinajstić information content (AvgIpc) is 2.84. The lowest BCUT2D eigenvalue weighted by Gasteiger charge is -2.16. The number of carbonyl (C=O) groups is 2. The molecular formula is C22H26O10. The zero-order valence-electron chi connectivity index (χ0n) is 18.1. The molecule has 2 aromatic carbocycles. The van der Waals surface area contributed by atoms with Gasteiger partial charge in [-0.05, 0) is 31.2 Å². The molecule has 0 aliphatic carbocycles. The van der Waals surface area contributed by atoms with Gasteiger partial charge in [-0.2, -0.15) is 0 Å². The number of ether oxygens (including phenoxy) is 4. The largest absolute Gasteiger partial charge is 0.496 e. The molecule has 10 nitrogen and oxygen atoms in total. The highest BCUT2D eigenvalue weighted by Crippen LogP contribution is 2.20. The van der Waals surface area contributed by atoms with Crippen LogP contribution in [0, 0.1) is 0 Å². The lowest BCUT2D eigenvalue weighted by molar-refractivity contribution is -0.427. The van der Waals surface area contributed by atoms with Crippen molar-refractivity contribution in [1.82, 2.24) is 0 Å². The van der Waals surface area contributed by atoms with Gasteiger partial charge in [0.2, 0.25) is 0 Å². The third-order valence-corrected chi connectivity index (χ3v) is 3.95. The second kappa shape index (κ2) is 14.0. The molecule has 0 radical (unpaired) electrons. The summed E-state index contributed by atoms with van der Waals surface area (Å²) in [4.78, 5) is 44.3. The maximum Gasteiger partial charge on any atom is 0.376 e. The van der Waals surface area contributed by atoms with Crippen LogP contribution in [0.2, 0.25) is 0 Å². The molecule has 0 atom stereocenters. The van der Waals surface area contributed by atoms with Crippen molar-refractivity contribution >= 4 is 11.9 Å². The van der Waals surface area contributed by atoms with Gasteiger partial charge in [0.15, 0.2) is 0 Å². The van der Waals surface area contributed by atoms with E-state index < -0.39 is 18.2 Å². The number of methoxy groups -OCH3 is 2. The van der Waals surface area contributed by atoms with Crippen molar-refractivity contribution < 1.29 is 48.1 Å². The van der Waals surface area contributed by atoms with Crippen LogP contribution >= 0.6 is 0 Å². The topological polar surface area (TPSA) is 108 Å². The fourth-order valence-corrected chi connectivity index (χ4v) is 2.42. The van der Waals surface area contributed by atoms with Crippen molar-refractivity contribution in [3.05, 3.63) is 59.7 Å². The summed E-state index contributed by atoms with van der Waals surface area (Å²) in [5.74, 6) is -1.06. The van der Waals surface area contributed by atoms with Crippen molar-refractivity contribution in [2.24, 2.45) is 0 Å². The van der Waals surface area contributed by atoms with Crippen LogP contribution in [-0.4, -0.2) is 58.9 Å². The van der Waals surface area contributed by atoms with E-state index in [1.807, 2.05) is 6.92 Å². The van der Waals surface area contributed by atoms with Gasteiger partial charge in [-0.3, -0.25) is 9.78 Å². The lowest BCUT2D eigenvalue weighted by Crippen LogP contribution is -2.27. The predicted molar refractivity (Wildman–Crippen MR) is 110 cm³/mol. The average molecular weight is 450 g/mol. The Labute approximate surface area is 185 Å². The van der Waals surface area contributed by atoms with Crippen molar-refractivity contribution in [1.29, 1.82) is 0 Å². The molecule has 0 heterocycles. The van der Waals surface area contributed by atoms with E-state index >= 15 is 0 Å². The maximum absolute atomic E-state index is 12.3. The van der Waals surface area contributed by atoms with Gasteiger partial charge in [0, 0.05) is 6.61 Å². The van der Waals surface area contributed by atoms with E-state index in [0.29, 0.717) is 24.7 Å². The zero-order chi connectivity index (χ0) is 23.2. The van der Waals surface area contributed by atoms with E-state index in [1.54, 1.807) is 36.4 Å². The van der Waals surface area contributed by atoms with Gasteiger partial charge in [-0.15, -0.1) is 9.78 Å². The minimum Gasteiger partial charge on any atom is -0.496 e. The molecule has 0 aliphatic rings. The Hall–Kier alpha value is -3.18. The van der Waals surface area contributed by atoms with Gasteiger partial charge in [-0.25, -0.2) is 9.59 Å². The first-order valence-corrected chi connectivity index (χ1v) is 9.77. The van der Waals surface area contributed by atoms with Crippen molar-refractivity contribution in [3.8, 4) is 11.5 Å². The van der Waals surface area contributed by atoms with Crippen LogP contribution in [0.4, 0.5) is 0 Å². The van der Waals surface area contributed by atoms with Gasteiger partial charge < -0.3 is 18.9 Å². The minimum absolute atomic E-state index is 0.136. The number of carbonyl (C=O) groups excluding carboxylic acids is 2. The summed E-state index contributed by atoms with van der Waals surface area (Å²) < 4.78 is 20.8. The highest BCUT2D eigenvalue weighted by molar-refractivity contribution is 5.92. The second-order valence-corrected chi connectivity index (χ2v) is 6.04. The number of rotatable bonds is 14. The molecular weight excluding hydrogens is 424 g/mol. The van der Waals surface area contributed by atoms with E-state index in [0.717, 1.165) is 0 Å². The Morgan fingerprint density at radius 1 is 0.750 bits per heavy atom. The van der Waals surface area contributed by atoms with Gasteiger partial charge in [-0.1, -0.05) is 24.3 Å². The molecule has 0 saturated heterocycles. The summed E-state index contributed by atoms with van der Waals surface area (Å²) in [6.07, 6.45) is -1.37. The smallest absolute Gasteiger partial charge is 0.376 e. The molecule has 0 spiro atoms. The van der Waals surface area contributed by atoms with Crippen LogP contribution in [0.5, 0.6) is 11.5 Å². The van der Waals surface area contributed by atoms with E-state index in [9.17, 15) is 9.59 Å². The Balaban J connectivity index is 1.96. The molecule has 10 heteroatoms. The second-order valence-electron chi connectivity index (χ2n) is 6.04. The molecule has 0 N–H and O–H groups in total. The Kier molecular flexibility index (Phi) is 11.0. The first-order chi connectivity index (χ1) is 15.6. The zero-order valence-corrected chi connectivity index (χ0v) is 18.1. The maximum atomic E-state index is 12.3. The molecule has 0 unspecified atom stereocenters. The van der Waals surface area contributed by atoms with E-state index in [2.05, 4.69) is 0 Å². The van der Waals surface area contributed by atoms with Crippen LogP contribution in [-0.2, 0) is 29.0 Å². The molecule has 0 amide bonds. The number of benzene rings is 2. The predicted octanol–water partition coefficient (Wildman–Crippen LogP) is 2.96. The van der Waals surface area contributed by atoms with Crippen LogP contribution < -0.4 is 9.47 Å². The van der Waals surface area contributed by atoms with Crippen molar-refractivity contribution in [2.45, 2.75) is 13.2 Å². The molecule has 0 saturated carbocycles. The number of hydrogen-bond acceptors (Lipinski definition) is 10. The minimum atomic E-state index is -1.37. The van der Waals surface area contributed by atoms with E-state index in [1.165, 1.54) is 26.4 Å². The van der Waals surface area contributed by atoms with Gasteiger partial charge in [0.05, 0.1) is 27.4 Å². The van der Waals surface area contributed by atoms with E-state index in [4.69, 9.17) is 38.5 Å². The molecule has 0 aliphatic heterocycles. The Morgan fingerprint density at radius 2 is 1.22 bits per heavy atom. The van der Waals surface area contributed by atoms with E-state index in [-0.39, 0.29) is 24.3 Å². The van der Waals surface area contributed by atoms with Crippen LogP contribution in [0.1, 0.15) is 27.6 Å². The molecule has 2 aromatic rings. The molecule has 32 heavy (non-hydrogen) atoms. The highest BCUT2D eigenvalue weighted by atomic mass is 17.3. The molecule has 0 aromatic heterocycles. The molecule has 2 rings (SSSR count). The van der Waals surface area contributed by atoms with Crippen molar-refractivity contribution in [2.75, 3.05) is 40.6 Å². The first kappa shape index (κ1) is 25.1. The van der Waals surface area contributed by atoms with Crippen LogP contribution in [0.3, 0.4) is 0 Å². The monoisotopic (exact) mass is 450 g/mol. The third kappa shape index (κ3) is 7.82. The SMILES string of the molecule is CCOCCOCC(OOC(=O)c1ccccc1OC)OOC(=O)c1ccccc1OC. The fourth-order valence-electron chi connectivity index (χ4n) is 2.42. The Bertz CT molecular complexity index is 791. The molecule has 174 valence electrons. The summed E-state index contributed by atoms with van der Waals surface area (Å²) in [7, 11) is 2.84. The van der Waals surface area contributed by atoms with Gasteiger partial charge in [0.25, 0.3) is 6.29 Å². The summed E-state index contributed by atoms with van der Waals surface area (Å²) in [6.45, 7) is 2.73. The van der Waals surface area contributed by atoms with Crippen LogP contribution in [0.15, 0.2) is 48.5 Å². The molecule has 0 bridgehead atoms. The number of hydrogen-bond donors (Lipinski definition) is 0.